The summed E-state index contributed by atoms with van der Waals surface area (Å²) in [6.45, 7) is 2.66. The summed E-state index contributed by atoms with van der Waals surface area (Å²) in [4.78, 5) is 2.20. The van der Waals surface area contributed by atoms with E-state index in [-0.39, 0.29) is 11.9 Å². The molecule has 1 fully saturated rings. The van der Waals surface area contributed by atoms with Crippen LogP contribution in [0, 0.1) is 5.82 Å². The molecule has 8 heteroatoms. The molecular formula is C17H18FN5O2. The predicted octanol–water partition coefficient (Wildman–Crippen LogP) is 2.18. The molecule has 0 bridgehead atoms. The van der Waals surface area contributed by atoms with Gasteiger partial charge in [-0.15, -0.1) is 10.2 Å². The first-order valence-electron chi connectivity index (χ1n) is 8.09. The minimum Gasteiger partial charge on any atom is -0.419 e. The zero-order valence-corrected chi connectivity index (χ0v) is 13.8. The van der Waals surface area contributed by atoms with Crippen LogP contribution in [0.15, 0.2) is 40.9 Å². The molecule has 0 saturated carbocycles. The number of hydrogen-bond acceptors (Lipinski definition) is 6. The van der Waals surface area contributed by atoms with Gasteiger partial charge in [0.2, 0.25) is 11.8 Å². The summed E-state index contributed by atoms with van der Waals surface area (Å²) in [6.07, 6.45) is 1.73. The number of ether oxygens (including phenoxy) is 1. The van der Waals surface area contributed by atoms with Crippen molar-refractivity contribution in [3.05, 3.63) is 53.9 Å². The van der Waals surface area contributed by atoms with Gasteiger partial charge in [-0.2, -0.15) is 5.10 Å². The molecule has 130 valence electrons. The van der Waals surface area contributed by atoms with E-state index in [4.69, 9.17) is 9.15 Å². The molecule has 1 aliphatic heterocycles. The molecular weight excluding hydrogens is 325 g/mol. The highest BCUT2D eigenvalue weighted by Crippen LogP contribution is 2.23. The molecule has 2 aromatic heterocycles. The van der Waals surface area contributed by atoms with Gasteiger partial charge in [-0.25, -0.2) is 4.39 Å². The molecule has 0 amide bonds. The van der Waals surface area contributed by atoms with Crippen LogP contribution in [0.4, 0.5) is 4.39 Å². The summed E-state index contributed by atoms with van der Waals surface area (Å²) in [5.41, 5.74) is 1.61. The quantitative estimate of drug-likeness (QED) is 0.723. The van der Waals surface area contributed by atoms with Gasteiger partial charge in [-0.05, 0) is 24.3 Å². The largest absolute Gasteiger partial charge is 0.419 e. The average Bonchev–Trinajstić information content (AvgIpc) is 3.24. The highest BCUT2D eigenvalue weighted by Gasteiger charge is 2.25. The highest BCUT2D eigenvalue weighted by atomic mass is 19.1. The van der Waals surface area contributed by atoms with Crippen LogP contribution in [0.5, 0.6) is 0 Å². The smallest absolute Gasteiger partial charge is 0.247 e. The lowest BCUT2D eigenvalue weighted by molar-refractivity contribution is -0.0387. The van der Waals surface area contributed by atoms with Crippen molar-refractivity contribution in [3.63, 3.8) is 0 Å². The highest BCUT2D eigenvalue weighted by molar-refractivity contribution is 5.52. The van der Waals surface area contributed by atoms with Crippen molar-refractivity contribution >= 4 is 0 Å². The topological polar surface area (TPSA) is 69.2 Å². The third kappa shape index (κ3) is 3.45. The van der Waals surface area contributed by atoms with Gasteiger partial charge in [0, 0.05) is 31.9 Å². The Bertz CT molecular complexity index is 862. The summed E-state index contributed by atoms with van der Waals surface area (Å²) >= 11 is 0. The van der Waals surface area contributed by atoms with Gasteiger partial charge in [-0.3, -0.25) is 9.58 Å². The average molecular weight is 343 g/mol. The number of halogens is 1. The first-order chi connectivity index (χ1) is 12.2. The van der Waals surface area contributed by atoms with Gasteiger partial charge in [0.15, 0.2) is 0 Å². The Morgan fingerprint density at radius 1 is 1.28 bits per heavy atom. The third-order valence-corrected chi connectivity index (χ3v) is 4.24. The number of aromatic nitrogens is 4. The van der Waals surface area contributed by atoms with Crippen LogP contribution in [-0.4, -0.2) is 44.6 Å². The first-order valence-corrected chi connectivity index (χ1v) is 8.09. The van der Waals surface area contributed by atoms with Gasteiger partial charge < -0.3 is 9.15 Å². The second-order valence-corrected chi connectivity index (χ2v) is 5.99. The summed E-state index contributed by atoms with van der Waals surface area (Å²) in [6, 6.07) is 8.09. The van der Waals surface area contributed by atoms with E-state index in [2.05, 4.69) is 20.2 Å². The Morgan fingerprint density at radius 3 is 3.00 bits per heavy atom. The SMILES string of the molecule is Cn1nccc1C1CN(Cc2nnc(-c3cccc(F)c3)o2)CCO1. The van der Waals surface area contributed by atoms with Crippen molar-refractivity contribution in [1.82, 2.24) is 24.9 Å². The Morgan fingerprint density at radius 2 is 2.20 bits per heavy atom. The van der Waals surface area contributed by atoms with Gasteiger partial charge in [0.25, 0.3) is 0 Å². The van der Waals surface area contributed by atoms with Crippen molar-refractivity contribution in [1.29, 1.82) is 0 Å². The number of hydrogen-bond donors (Lipinski definition) is 0. The van der Waals surface area contributed by atoms with Crippen molar-refractivity contribution in [2.45, 2.75) is 12.6 Å². The van der Waals surface area contributed by atoms with Crippen LogP contribution in [0.25, 0.3) is 11.5 Å². The Hall–Kier alpha value is -2.58. The number of morpholine rings is 1. The van der Waals surface area contributed by atoms with Gasteiger partial charge in [-0.1, -0.05) is 6.07 Å². The molecule has 0 radical (unpaired) electrons. The number of benzene rings is 1. The van der Waals surface area contributed by atoms with E-state index in [1.54, 1.807) is 18.3 Å². The van der Waals surface area contributed by atoms with Crippen LogP contribution in [-0.2, 0) is 18.3 Å². The van der Waals surface area contributed by atoms with E-state index in [0.29, 0.717) is 30.5 Å². The van der Waals surface area contributed by atoms with E-state index < -0.39 is 0 Å². The minimum atomic E-state index is -0.329. The van der Waals surface area contributed by atoms with Crippen molar-refractivity contribution in [3.8, 4) is 11.5 Å². The molecule has 1 aliphatic rings. The van der Waals surface area contributed by atoms with E-state index in [0.717, 1.165) is 18.8 Å². The second-order valence-electron chi connectivity index (χ2n) is 5.99. The molecule has 1 unspecified atom stereocenters. The predicted molar refractivity (Wildman–Crippen MR) is 86.9 cm³/mol. The molecule has 1 aromatic carbocycles. The van der Waals surface area contributed by atoms with E-state index in [1.165, 1.54) is 12.1 Å². The Balaban J connectivity index is 1.45. The molecule has 0 N–H and O–H groups in total. The van der Waals surface area contributed by atoms with Gasteiger partial charge >= 0.3 is 0 Å². The lowest BCUT2D eigenvalue weighted by Gasteiger charge is -2.31. The number of aryl methyl sites for hydroxylation is 1. The number of nitrogens with zero attached hydrogens (tertiary/aromatic N) is 5. The van der Waals surface area contributed by atoms with Crippen LogP contribution in [0.1, 0.15) is 17.7 Å². The van der Waals surface area contributed by atoms with Gasteiger partial charge in [0.1, 0.15) is 11.9 Å². The molecule has 0 spiro atoms. The molecule has 4 rings (SSSR count). The summed E-state index contributed by atoms with van der Waals surface area (Å²) < 4.78 is 26.7. The van der Waals surface area contributed by atoms with Crippen molar-refractivity contribution in [2.75, 3.05) is 19.7 Å². The lowest BCUT2D eigenvalue weighted by atomic mass is 10.2. The Labute approximate surface area is 144 Å². The maximum atomic E-state index is 13.3. The molecule has 0 aliphatic carbocycles. The molecule has 7 nitrogen and oxygen atoms in total. The lowest BCUT2D eigenvalue weighted by Crippen LogP contribution is -2.38. The van der Waals surface area contributed by atoms with Crippen LogP contribution in [0.3, 0.4) is 0 Å². The standard InChI is InChI=1S/C17H18FN5O2/c1-22-14(5-6-19-22)15-10-23(7-8-24-15)11-16-20-21-17(25-16)12-3-2-4-13(18)9-12/h2-6,9,15H,7-8,10-11H2,1H3. The maximum absolute atomic E-state index is 13.3. The fourth-order valence-corrected chi connectivity index (χ4v) is 2.97. The van der Waals surface area contributed by atoms with Crippen molar-refractivity contribution < 1.29 is 13.5 Å². The molecule has 1 saturated heterocycles. The molecule has 3 heterocycles. The molecule has 3 aromatic rings. The van der Waals surface area contributed by atoms with E-state index in [1.807, 2.05) is 17.8 Å². The monoisotopic (exact) mass is 343 g/mol. The van der Waals surface area contributed by atoms with Crippen LogP contribution >= 0.6 is 0 Å². The zero-order chi connectivity index (χ0) is 17.2. The summed E-state index contributed by atoms with van der Waals surface area (Å²) in [5.74, 6) is 0.500. The Kier molecular flexibility index (Phi) is 4.29. The van der Waals surface area contributed by atoms with Crippen molar-refractivity contribution in [2.24, 2.45) is 7.05 Å². The molecule has 25 heavy (non-hydrogen) atoms. The van der Waals surface area contributed by atoms with Crippen LogP contribution in [0.2, 0.25) is 0 Å². The maximum Gasteiger partial charge on any atom is 0.247 e. The first kappa shape index (κ1) is 15.9. The zero-order valence-electron chi connectivity index (χ0n) is 13.8. The van der Waals surface area contributed by atoms with E-state index >= 15 is 0 Å². The molecule has 1 atom stereocenters. The summed E-state index contributed by atoms with van der Waals surface area (Å²) in [7, 11) is 1.90. The normalized spacial score (nSPS) is 18.6. The van der Waals surface area contributed by atoms with Crippen LogP contribution < -0.4 is 0 Å². The summed E-state index contributed by atoms with van der Waals surface area (Å²) in [5, 5.41) is 12.3. The number of rotatable bonds is 4. The third-order valence-electron chi connectivity index (χ3n) is 4.24. The second kappa shape index (κ2) is 6.73. The van der Waals surface area contributed by atoms with Gasteiger partial charge in [0.05, 0.1) is 18.8 Å². The van der Waals surface area contributed by atoms with E-state index in [9.17, 15) is 4.39 Å². The fraction of sp³-hybridized carbons (Fsp3) is 0.353. The fourth-order valence-electron chi connectivity index (χ4n) is 2.97. The minimum absolute atomic E-state index is 0.0353.